The van der Waals surface area contributed by atoms with Gasteiger partial charge in [-0.05, 0) is 18.6 Å². The Labute approximate surface area is 107 Å². The van der Waals surface area contributed by atoms with Crippen molar-refractivity contribution in [2.45, 2.75) is 25.4 Å². The number of morpholine rings is 1. The largest absolute Gasteiger partial charge is 0.377 e. The van der Waals surface area contributed by atoms with Gasteiger partial charge in [-0.3, -0.25) is 4.79 Å². The molecule has 0 bridgehead atoms. The lowest BCUT2D eigenvalue weighted by molar-refractivity contribution is -0.139. The highest BCUT2D eigenvalue weighted by Gasteiger charge is 2.33. The van der Waals surface area contributed by atoms with Gasteiger partial charge >= 0.3 is 0 Å². The van der Waals surface area contributed by atoms with E-state index in [9.17, 15) is 4.79 Å². The van der Waals surface area contributed by atoms with Crippen molar-refractivity contribution >= 4 is 11.6 Å². The second kappa shape index (κ2) is 4.61. The number of benzene rings is 1. The minimum absolute atomic E-state index is 0.108. The monoisotopic (exact) mass is 246 g/mol. The molecular weight excluding hydrogens is 228 g/mol. The van der Waals surface area contributed by atoms with Crippen molar-refractivity contribution in [3.8, 4) is 0 Å². The summed E-state index contributed by atoms with van der Waals surface area (Å²) in [5, 5.41) is 3.32. The molecule has 3 rings (SSSR count). The van der Waals surface area contributed by atoms with Crippen LogP contribution in [-0.4, -0.2) is 42.6 Å². The van der Waals surface area contributed by atoms with Crippen LogP contribution in [0, 0.1) is 0 Å². The molecule has 1 aromatic rings. The van der Waals surface area contributed by atoms with Crippen molar-refractivity contribution in [2.24, 2.45) is 0 Å². The van der Waals surface area contributed by atoms with Gasteiger partial charge in [-0.2, -0.15) is 0 Å². The van der Waals surface area contributed by atoms with E-state index in [-0.39, 0.29) is 18.0 Å². The molecule has 0 aliphatic carbocycles. The molecular formula is C14H18N2O2. The zero-order valence-corrected chi connectivity index (χ0v) is 10.6. The van der Waals surface area contributed by atoms with E-state index in [0.29, 0.717) is 19.8 Å². The quantitative estimate of drug-likeness (QED) is 0.811. The van der Waals surface area contributed by atoms with E-state index in [1.165, 1.54) is 5.56 Å². The number of hydrogen-bond acceptors (Lipinski definition) is 3. The van der Waals surface area contributed by atoms with Gasteiger partial charge in [-0.15, -0.1) is 0 Å². The Morgan fingerprint density at radius 2 is 2.28 bits per heavy atom. The van der Waals surface area contributed by atoms with E-state index in [1.54, 1.807) is 0 Å². The standard InChI is InChI=1S/C14H18N2O2/c1-10-9-18-7-6-16(10)14(17)13-8-11-4-2-3-5-12(11)15-13/h2-5,10,13,15H,6-9H2,1H3/t10?,13-/m0/s1. The highest BCUT2D eigenvalue weighted by Crippen LogP contribution is 2.26. The zero-order chi connectivity index (χ0) is 12.5. The summed E-state index contributed by atoms with van der Waals surface area (Å²) in [6.45, 7) is 4.04. The molecule has 1 N–H and O–H groups in total. The van der Waals surface area contributed by atoms with E-state index in [4.69, 9.17) is 4.74 Å². The molecule has 1 saturated heterocycles. The third kappa shape index (κ3) is 1.97. The minimum Gasteiger partial charge on any atom is -0.377 e. The summed E-state index contributed by atoms with van der Waals surface area (Å²) >= 11 is 0. The number of rotatable bonds is 1. The van der Waals surface area contributed by atoms with Crippen LogP contribution in [0.2, 0.25) is 0 Å². The summed E-state index contributed by atoms with van der Waals surface area (Å²) in [4.78, 5) is 14.4. The Kier molecular flexibility index (Phi) is 2.96. The van der Waals surface area contributed by atoms with Crippen LogP contribution in [-0.2, 0) is 16.0 Å². The van der Waals surface area contributed by atoms with Crippen molar-refractivity contribution in [1.82, 2.24) is 4.90 Å². The summed E-state index contributed by atoms with van der Waals surface area (Å²) in [7, 11) is 0. The molecule has 1 amide bonds. The van der Waals surface area contributed by atoms with Crippen LogP contribution >= 0.6 is 0 Å². The van der Waals surface area contributed by atoms with E-state index < -0.39 is 0 Å². The number of carbonyl (C=O) groups excluding carboxylic acids is 1. The molecule has 0 radical (unpaired) electrons. The molecule has 1 unspecified atom stereocenters. The van der Waals surface area contributed by atoms with Crippen molar-refractivity contribution in [3.05, 3.63) is 29.8 Å². The maximum absolute atomic E-state index is 12.5. The lowest BCUT2D eigenvalue weighted by Crippen LogP contribution is -2.52. The fourth-order valence-corrected chi connectivity index (χ4v) is 2.70. The molecule has 4 heteroatoms. The molecule has 1 aromatic carbocycles. The van der Waals surface area contributed by atoms with Gasteiger partial charge in [-0.1, -0.05) is 18.2 Å². The molecule has 2 aliphatic rings. The Balaban J connectivity index is 1.72. The molecule has 18 heavy (non-hydrogen) atoms. The number of ether oxygens (including phenoxy) is 1. The molecule has 96 valence electrons. The predicted octanol–water partition coefficient (Wildman–Crippen LogP) is 1.27. The molecule has 1 fully saturated rings. The van der Waals surface area contributed by atoms with Crippen molar-refractivity contribution in [1.29, 1.82) is 0 Å². The maximum atomic E-state index is 12.5. The molecule has 0 aromatic heterocycles. The van der Waals surface area contributed by atoms with Crippen LogP contribution in [0.15, 0.2) is 24.3 Å². The van der Waals surface area contributed by atoms with Crippen LogP contribution in [0.1, 0.15) is 12.5 Å². The van der Waals surface area contributed by atoms with Crippen LogP contribution in [0.4, 0.5) is 5.69 Å². The van der Waals surface area contributed by atoms with Gasteiger partial charge in [0.15, 0.2) is 0 Å². The van der Waals surface area contributed by atoms with Crippen LogP contribution in [0.3, 0.4) is 0 Å². The molecule has 0 saturated carbocycles. The van der Waals surface area contributed by atoms with Gasteiger partial charge < -0.3 is 15.0 Å². The van der Waals surface area contributed by atoms with Crippen molar-refractivity contribution in [3.63, 3.8) is 0 Å². The number of nitrogens with zero attached hydrogens (tertiary/aromatic N) is 1. The summed E-state index contributed by atoms with van der Waals surface area (Å²) in [6.07, 6.45) is 0.791. The summed E-state index contributed by atoms with van der Waals surface area (Å²) < 4.78 is 5.37. The molecule has 2 atom stereocenters. The van der Waals surface area contributed by atoms with E-state index in [0.717, 1.165) is 12.1 Å². The molecule has 2 aliphatic heterocycles. The second-order valence-electron chi connectivity index (χ2n) is 5.01. The number of hydrogen-bond donors (Lipinski definition) is 1. The van der Waals surface area contributed by atoms with Gasteiger partial charge in [0.2, 0.25) is 5.91 Å². The topological polar surface area (TPSA) is 41.6 Å². The summed E-state index contributed by atoms with van der Waals surface area (Å²) in [5.41, 5.74) is 2.33. The van der Waals surface area contributed by atoms with Gasteiger partial charge in [0.25, 0.3) is 0 Å². The summed E-state index contributed by atoms with van der Waals surface area (Å²) in [6, 6.07) is 8.20. The minimum atomic E-state index is -0.108. The number of carbonyl (C=O) groups is 1. The Morgan fingerprint density at radius 3 is 3.06 bits per heavy atom. The first-order valence-electron chi connectivity index (χ1n) is 6.48. The maximum Gasteiger partial charge on any atom is 0.245 e. The fourth-order valence-electron chi connectivity index (χ4n) is 2.70. The lowest BCUT2D eigenvalue weighted by atomic mass is 10.1. The van der Waals surface area contributed by atoms with E-state index in [2.05, 4.69) is 11.4 Å². The molecule has 0 spiro atoms. The first kappa shape index (κ1) is 11.5. The highest BCUT2D eigenvalue weighted by molar-refractivity contribution is 5.87. The Hall–Kier alpha value is -1.55. The van der Waals surface area contributed by atoms with Crippen molar-refractivity contribution in [2.75, 3.05) is 25.1 Å². The van der Waals surface area contributed by atoms with Gasteiger partial charge in [0.05, 0.1) is 19.3 Å². The predicted molar refractivity (Wildman–Crippen MR) is 69.6 cm³/mol. The lowest BCUT2D eigenvalue weighted by Gasteiger charge is -2.35. The second-order valence-corrected chi connectivity index (χ2v) is 5.01. The highest BCUT2D eigenvalue weighted by atomic mass is 16.5. The Bertz CT molecular complexity index is 436. The number of anilines is 1. The number of fused-ring (bicyclic) bond motifs is 1. The smallest absolute Gasteiger partial charge is 0.245 e. The first-order chi connectivity index (χ1) is 8.75. The van der Waals surface area contributed by atoms with E-state index >= 15 is 0 Å². The fraction of sp³-hybridized carbons (Fsp3) is 0.500. The third-order valence-corrected chi connectivity index (χ3v) is 3.72. The number of amides is 1. The first-order valence-corrected chi connectivity index (χ1v) is 6.48. The van der Waals surface area contributed by atoms with Gasteiger partial charge in [0.1, 0.15) is 6.04 Å². The van der Waals surface area contributed by atoms with Crippen LogP contribution < -0.4 is 5.32 Å². The van der Waals surface area contributed by atoms with Gasteiger partial charge in [0, 0.05) is 18.7 Å². The number of nitrogens with one attached hydrogen (secondary N) is 1. The molecule has 4 nitrogen and oxygen atoms in total. The average molecular weight is 246 g/mol. The average Bonchev–Trinajstić information content (AvgIpc) is 2.82. The Morgan fingerprint density at radius 1 is 1.44 bits per heavy atom. The molecule has 2 heterocycles. The van der Waals surface area contributed by atoms with E-state index in [1.807, 2.05) is 30.0 Å². The number of para-hydroxylation sites is 1. The van der Waals surface area contributed by atoms with Crippen molar-refractivity contribution < 1.29 is 9.53 Å². The van der Waals surface area contributed by atoms with Gasteiger partial charge in [-0.25, -0.2) is 0 Å². The van der Waals surface area contributed by atoms with Crippen LogP contribution in [0.5, 0.6) is 0 Å². The summed E-state index contributed by atoms with van der Waals surface area (Å²) in [5.74, 6) is 0.196. The SMILES string of the molecule is CC1COCCN1C(=O)[C@@H]1Cc2ccccc2N1. The third-order valence-electron chi connectivity index (χ3n) is 3.72. The zero-order valence-electron chi connectivity index (χ0n) is 10.6. The van der Waals surface area contributed by atoms with Crippen LogP contribution in [0.25, 0.3) is 0 Å². The normalized spacial score (nSPS) is 26.6.